The molecule has 5 heteroatoms. The molecule has 104 valence electrons. The second-order valence-electron chi connectivity index (χ2n) is 4.91. The van der Waals surface area contributed by atoms with E-state index in [-0.39, 0.29) is 29.0 Å². The molecule has 1 aromatic carbocycles. The van der Waals surface area contributed by atoms with Crippen molar-refractivity contribution in [3.63, 3.8) is 0 Å². The van der Waals surface area contributed by atoms with Crippen molar-refractivity contribution in [2.45, 2.75) is 31.7 Å². The van der Waals surface area contributed by atoms with Gasteiger partial charge in [-0.1, -0.05) is 18.9 Å². The lowest BCUT2D eigenvalue weighted by Gasteiger charge is -2.29. The van der Waals surface area contributed by atoms with Crippen LogP contribution in [0.2, 0.25) is 0 Å². The van der Waals surface area contributed by atoms with E-state index in [1.54, 1.807) is 4.90 Å². The molecule has 1 aliphatic heterocycles. The van der Waals surface area contributed by atoms with Crippen LogP contribution in [0.5, 0.6) is 11.5 Å². The van der Waals surface area contributed by atoms with Crippen molar-refractivity contribution >= 4 is 5.91 Å². The Hall–Kier alpha value is -1.75. The van der Waals surface area contributed by atoms with Crippen LogP contribution in [-0.2, 0) is 0 Å². The van der Waals surface area contributed by atoms with Crippen LogP contribution in [0.1, 0.15) is 36.0 Å². The Labute approximate surface area is 112 Å². The molecule has 1 aliphatic rings. The quantitative estimate of drug-likeness (QED) is 0.754. The van der Waals surface area contributed by atoms with E-state index in [9.17, 15) is 15.0 Å². The van der Waals surface area contributed by atoms with E-state index in [2.05, 4.69) is 0 Å². The van der Waals surface area contributed by atoms with Gasteiger partial charge in [0.1, 0.15) is 17.1 Å². The maximum absolute atomic E-state index is 12.5. The molecule has 5 nitrogen and oxygen atoms in total. The number of hydrogen-bond donors (Lipinski definition) is 3. The fourth-order valence-electron chi connectivity index (χ4n) is 2.58. The number of nitrogens with zero attached hydrogens (tertiary/aromatic N) is 1. The zero-order chi connectivity index (χ0) is 13.8. The first kappa shape index (κ1) is 13.7. The Kier molecular flexibility index (Phi) is 4.27. The molecule has 19 heavy (non-hydrogen) atoms. The SMILES string of the molecule is NCC1CCCCCN1C(=O)c1c(O)cccc1O. The molecule has 0 aromatic heterocycles. The van der Waals surface area contributed by atoms with Gasteiger partial charge in [0.2, 0.25) is 0 Å². The minimum atomic E-state index is -0.340. The molecule has 2 rings (SSSR count). The Bertz CT molecular complexity index is 442. The summed E-state index contributed by atoms with van der Waals surface area (Å²) >= 11 is 0. The van der Waals surface area contributed by atoms with Crippen molar-refractivity contribution in [2.24, 2.45) is 5.73 Å². The average Bonchev–Trinajstić information content (AvgIpc) is 2.63. The summed E-state index contributed by atoms with van der Waals surface area (Å²) in [7, 11) is 0. The minimum absolute atomic E-state index is 0.0194. The number of phenols is 2. The molecule has 0 saturated carbocycles. The number of rotatable bonds is 2. The highest BCUT2D eigenvalue weighted by molar-refractivity contribution is 5.99. The standard InChI is InChI=1S/C14H20N2O3/c15-9-10-5-2-1-3-8-16(10)14(19)13-11(17)6-4-7-12(13)18/h4,6-7,10,17-18H,1-3,5,8-9,15H2. The van der Waals surface area contributed by atoms with Gasteiger partial charge in [-0.25, -0.2) is 0 Å². The fraction of sp³-hybridized carbons (Fsp3) is 0.500. The third kappa shape index (κ3) is 2.81. The van der Waals surface area contributed by atoms with E-state index in [1.807, 2.05) is 0 Å². The maximum Gasteiger partial charge on any atom is 0.261 e. The number of phenolic OH excluding ortho intramolecular Hbond substituents is 2. The first-order chi connectivity index (χ1) is 9.15. The second kappa shape index (κ2) is 5.93. The van der Waals surface area contributed by atoms with Gasteiger partial charge >= 0.3 is 0 Å². The molecule has 1 atom stereocenters. The van der Waals surface area contributed by atoms with Crippen molar-refractivity contribution in [1.29, 1.82) is 0 Å². The smallest absolute Gasteiger partial charge is 0.261 e. The number of aromatic hydroxyl groups is 2. The van der Waals surface area contributed by atoms with Crippen molar-refractivity contribution in [3.8, 4) is 11.5 Å². The number of likely N-dealkylation sites (tertiary alicyclic amines) is 1. The van der Waals surface area contributed by atoms with E-state index in [1.165, 1.54) is 18.2 Å². The van der Waals surface area contributed by atoms with Gasteiger partial charge in [0, 0.05) is 19.1 Å². The highest BCUT2D eigenvalue weighted by Crippen LogP contribution is 2.29. The maximum atomic E-state index is 12.5. The number of hydrogen-bond acceptors (Lipinski definition) is 4. The lowest BCUT2D eigenvalue weighted by Crippen LogP contribution is -2.44. The summed E-state index contributed by atoms with van der Waals surface area (Å²) in [6.45, 7) is 1.02. The van der Waals surface area contributed by atoms with Gasteiger partial charge in [-0.3, -0.25) is 4.79 Å². The highest BCUT2D eigenvalue weighted by atomic mass is 16.3. The number of benzene rings is 1. The van der Waals surface area contributed by atoms with Crippen LogP contribution >= 0.6 is 0 Å². The molecule has 1 saturated heterocycles. The number of amides is 1. The van der Waals surface area contributed by atoms with Crippen LogP contribution < -0.4 is 5.73 Å². The van der Waals surface area contributed by atoms with Gasteiger partial charge in [-0.2, -0.15) is 0 Å². The summed E-state index contributed by atoms with van der Waals surface area (Å²) in [5.74, 6) is -0.719. The topological polar surface area (TPSA) is 86.8 Å². The van der Waals surface area contributed by atoms with Crippen LogP contribution in [0.4, 0.5) is 0 Å². The van der Waals surface area contributed by atoms with Crippen molar-refractivity contribution in [1.82, 2.24) is 4.90 Å². The van der Waals surface area contributed by atoms with Crippen LogP contribution in [0.3, 0.4) is 0 Å². The molecule has 4 N–H and O–H groups in total. The largest absolute Gasteiger partial charge is 0.507 e. The molecule has 1 fully saturated rings. The predicted octanol–water partition coefficient (Wildman–Crippen LogP) is 1.44. The van der Waals surface area contributed by atoms with Gasteiger partial charge in [-0.05, 0) is 25.0 Å². The first-order valence-electron chi connectivity index (χ1n) is 6.67. The molecular formula is C14H20N2O3. The van der Waals surface area contributed by atoms with Crippen molar-refractivity contribution in [3.05, 3.63) is 23.8 Å². The third-order valence-corrected chi connectivity index (χ3v) is 3.64. The van der Waals surface area contributed by atoms with Crippen molar-refractivity contribution in [2.75, 3.05) is 13.1 Å². The molecule has 1 amide bonds. The Balaban J connectivity index is 2.30. The lowest BCUT2D eigenvalue weighted by atomic mass is 10.1. The molecule has 0 spiro atoms. The number of nitrogens with two attached hydrogens (primary N) is 1. The van der Waals surface area contributed by atoms with Gasteiger partial charge in [0.15, 0.2) is 0 Å². The van der Waals surface area contributed by atoms with Crippen LogP contribution in [0, 0.1) is 0 Å². The molecule has 0 bridgehead atoms. The zero-order valence-corrected chi connectivity index (χ0v) is 10.9. The highest BCUT2D eigenvalue weighted by Gasteiger charge is 2.28. The van der Waals surface area contributed by atoms with E-state index in [4.69, 9.17) is 5.73 Å². The Morgan fingerprint density at radius 3 is 2.58 bits per heavy atom. The van der Waals surface area contributed by atoms with Crippen LogP contribution in [0.25, 0.3) is 0 Å². The Morgan fingerprint density at radius 1 is 1.26 bits per heavy atom. The summed E-state index contributed by atoms with van der Waals surface area (Å²) < 4.78 is 0. The lowest BCUT2D eigenvalue weighted by molar-refractivity contribution is 0.0683. The summed E-state index contributed by atoms with van der Waals surface area (Å²) in [6, 6.07) is 4.29. The average molecular weight is 264 g/mol. The summed E-state index contributed by atoms with van der Waals surface area (Å²) in [5, 5.41) is 19.6. The molecular weight excluding hydrogens is 244 g/mol. The minimum Gasteiger partial charge on any atom is -0.507 e. The van der Waals surface area contributed by atoms with Gasteiger partial charge in [0.25, 0.3) is 5.91 Å². The normalized spacial score (nSPS) is 20.1. The summed E-state index contributed by atoms with van der Waals surface area (Å²) in [6.07, 6.45) is 3.93. The van der Waals surface area contributed by atoms with Crippen molar-refractivity contribution < 1.29 is 15.0 Å². The van der Waals surface area contributed by atoms with Gasteiger partial charge in [0.05, 0.1) is 0 Å². The summed E-state index contributed by atoms with van der Waals surface area (Å²) in [4.78, 5) is 14.2. The monoisotopic (exact) mass is 264 g/mol. The fourth-order valence-corrected chi connectivity index (χ4v) is 2.58. The molecule has 0 radical (unpaired) electrons. The third-order valence-electron chi connectivity index (χ3n) is 3.64. The predicted molar refractivity (Wildman–Crippen MR) is 72.1 cm³/mol. The molecule has 0 aliphatic carbocycles. The molecule has 1 aromatic rings. The zero-order valence-electron chi connectivity index (χ0n) is 10.9. The second-order valence-corrected chi connectivity index (χ2v) is 4.91. The van der Waals surface area contributed by atoms with E-state index >= 15 is 0 Å². The van der Waals surface area contributed by atoms with E-state index < -0.39 is 0 Å². The van der Waals surface area contributed by atoms with Crippen LogP contribution in [0.15, 0.2) is 18.2 Å². The van der Waals surface area contributed by atoms with Crippen LogP contribution in [-0.4, -0.2) is 40.2 Å². The molecule has 1 unspecified atom stereocenters. The summed E-state index contributed by atoms with van der Waals surface area (Å²) in [5.41, 5.74) is 5.71. The first-order valence-corrected chi connectivity index (χ1v) is 6.67. The number of carbonyl (C=O) groups is 1. The molecule has 1 heterocycles. The van der Waals surface area contributed by atoms with E-state index in [0.717, 1.165) is 25.7 Å². The van der Waals surface area contributed by atoms with Gasteiger partial charge < -0.3 is 20.8 Å². The number of carbonyl (C=O) groups excluding carboxylic acids is 1. The van der Waals surface area contributed by atoms with Gasteiger partial charge in [-0.15, -0.1) is 0 Å². The Morgan fingerprint density at radius 2 is 1.95 bits per heavy atom. The van der Waals surface area contributed by atoms with E-state index in [0.29, 0.717) is 13.1 Å².